The Morgan fingerprint density at radius 2 is 1.61 bits per heavy atom. The van der Waals surface area contributed by atoms with Crippen LogP contribution in [0.2, 0.25) is 15.1 Å². The maximum Gasteiger partial charge on any atom is 0.243 e. The van der Waals surface area contributed by atoms with Gasteiger partial charge in [-0.25, -0.2) is 0 Å². The van der Waals surface area contributed by atoms with Gasteiger partial charge < -0.3 is 10.2 Å². The molecule has 0 radical (unpaired) electrons. The zero-order valence-corrected chi connectivity index (χ0v) is 21.2. The van der Waals surface area contributed by atoms with Crippen molar-refractivity contribution in [3.8, 4) is 0 Å². The second kappa shape index (κ2) is 12.6. The number of aryl methyl sites for hydroxylation is 1. The number of nitrogens with zero attached hydrogens (tertiary/aromatic N) is 1. The van der Waals surface area contributed by atoms with Crippen LogP contribution in [0.3, 0.4) is 0 Å². The van der Waals surface area contributed by atoms with Crippen LogP contribution in [0.15, 0.2) is 42.5 Å². The highest BCUT2D eigenvalue weighted by molar-refractivity contribution is 6.36. The summed E-state index contributed by atoms with van der Waals surface area (Å²) in [5, 5.41) is 4.78. The highest BCUT2D eigenvalue weighted by Gasteiger charge is 2.31. The van der Waals surface area contributed by atoms with E-state index in [9.17, 15) is 9.59 Å². The van der Waals surface area contributed by atoms with E-state index in [1.54, 1.807) is 23.1 Å². The van der Waals surface area contributed by atoms with E-state index in [0.29, 0.717) is 33.5 Å². The number of benzene rings is 2. The predicted molar refractivity (Wildman–Crippen MR) is 136 cm³/mol. The van der Waals surface area contributed by atoms with Gasteiger partial charge in [-0.1, -0.05) is 85.3 Å². The van der Waals surface area contributed by atoms with E-state index in [4.69, 9.17) is 34.8 Å². The van der Waals surface area contributed by atoms with Gasteiger partial charge in [0.05, 0.1) is 0 Å². The van der Waals surface area contributed by atoms with Crippen molar-refractivity contribution in [1.29, 1.82) is 0 Å². The Morgan fingerprint density at radius 1 is 0.970 bits per heavy atom. The molecule has 2 amide bonds. The first-order valence-corrected chi connectivity index (χ1v) is 12.8. The maximum atomic E-state index is 13.5. The first-order chi connectivity index (χ1) is 15.9. The Labute approximate surface area is 211 Å². The van der Waals surface area contributed by atoms with Crippen molar-refractivity contribution in [2.24, 2.45) is 0 Å². The molecular formula is C26H31Cl3N2O2. The van der Waals surface area contributed by atoms with Gasteiger partial charge in [-0.05, 0) is 49.4 Å². The predicted octanol–water partition coefficient (Wildman–Crippen LogP) is 6.84. The molecule has 1 N–H and O–H groups in total. The van der Waals surface area contributed by atoms with Crippen molar-refractivity contribution in [2.75, 3.05) is 0 Å². The van der Waals surface area contributed by atoms with E-state index in [1.165, 1.54) is 6.42 Å². The molecule has 33 heavy (non-hydrogen) atoms. The number of carbonyl (C=O) groups excluding carboxylic acids is 2. The summed E-state index contributed by atoms with van der Waals surface area (Å²) in [5.41, 5.74) is 1.55. The van der Waals surface area contributed by atoms with Crippen LogP contribution in [0.4, 0.5) is 0 Å². The lowest BCUT2D eigenvalue weighted by Crippen LogP contribution is -2.51. The van der Waals surface area contributed by atoms with Crippen LogP contribution < -0.4 is 5.32 Å². The van der Waals surface area contributed by atoms with Gasteiger partial charge in [0, 0.05) is 39.6 Å². The molecule has 1 aliphatic rings. The van der Waals surface area contributed by atoms with Crippen molar-refractivity contribution in [3.63, 3.8) is 0 Å². The molecule has 4 nitrogen and oxygen atoms in total. The molecule has 1 aliphatic carbocycles. The molecular weight excluding hydrogens is 479 g/mol. The Kier molecular flexibility index (Phi) is 9.91. The highest BCUT2D eigenvalue weighted by Crippen LogP contribution is 2.28. The summed E-state index contributed by atoms with van der Waals surface area (Å²) in [5.74, 6) is -0.241. The fourth-order valence-electron chi connectivity index (χ4n) is 4.40. The molecule has 178 valence electrons. The fraction of sp³-hybridized carbons (Fsp3) is 0.462. The average molecular weight is 510 g/mol. The third-order valence-electron chi connectivity index (χ3n) is 6.29. The standard InChI is InChI=1S/C26H31Cl3N2O2/c1-2-24(26(33)30-19-10-4-3-5-11-19)31(17-20-22(28)13-8-14-23(20)29)25(32)16-15-18-9-6-7-12-21(18)27/h6-9,12-14,19,24H,2-5,10-11,15-17H2,1H3,(H,30,33)/t24-/m0/s1. The van der Waals surface area contributed by atoms with Crippen LogP contribution in [0.25, 0.3) is 0 Å². The van der Waals surface area contributed by atoms with Crippen LogP contribution in [-0.2, 0) is 22.6 Å². The van der Waals surface area contributed by atoms with Crippen LogP contribution >= 0.6 is 34.8 Å². The van der Waals surface area contributed by atoms with Crippen LogP contribution in [0, 0.1) is 0 Å². The lowest BCUT2D eigenvalue weighted by molar-refractivity contribution is -0.141. The molecule has 0 bridgehead atoms. The summed E-state index contributed by atoms with van der Waals surface area (Å²) in [6.07, 6.45) is 6.65. The van der Waals surface area contributed by atoms with E-state index in [2.05, 4.69) is 5.32 Å². The first-order valence-electron chi connectivity index (χ1n) is 11.7. The van der Waals surface area contributed by atoms with E-state index in [-0.39, 0.29) is 30.8 Å². The van der Waals surface area contributed by atoms with Gasteiger partial charge >= 0.3 is 0 Å². The maximum absolute atomic E-state index is 13.5. The van der Waals surface area contributed by atoms with Gasteiger partial charge in [0.15, 0.2) is 0 Å². The summed E-state index contributed by atoms with van der Waals surface area (Å²) in [6.45, 7) is 2.10. The molecule has 2 aromatic rings. The first kappa shape index (κ1) is 25.9. The zero-order valence-electron chi connectivity index (χ0n) is 19.0. The molecule has 0 aromatic heterocycles. The average Bonchev–Trinajstić information content (AvgIpc) is 2.80. The van der Waals surface area contributed by atoms with Gasteiger partial charge in [-0.15, -0.1) is 0 Å². The molecule has 2 aromatic carbocycles. The van der Waals surface area contributed by atoms with Crippen LogP contribution in [-0.4, -0.2) is 28.8 Å². The van der Waals surface area contributed by atoms with Crippen LogP contribution in [0.5, 0.6) is 0 Å². The summed E-state index contributed by atoms with van der Waals surface area (Å²) < 4.78 is 0. The molecule has 0 spiro atoms. The summed E-state index contributed by atoms with van der Waals surface area (Å²) in [6, 6.07) is 12.3. The number of rotatable bonds is 9. The quantitative estimate of drug-likeness (QED) is 0.402. The van der Waals surface area contributed by atoms with Gasteiger partial charge in [-0.3, -0.25) is 9.59 Å². The lowest BCUT2D eigenvalue weighted by Gasteiger charge is -2.33. The number of hydrogen-bond donors (Lipinski definition) is 1. The smallest absolute Gasteiger partial charge is 0.243 e. The van der Waals surface area contributed by atoms with Crippen LogP contribution in [0.1, 0.15) is 63.0 Å². The Hall–Kier alpha value is -1.75. The largest absolute Gasteiger partial charge is 0.352 e. The van der Waals surface area contributed by atoms with E-state index in [1.807, 2.05) is 31.2 Å². The monoisotopic (exact) mass is 508 g/mol. The second-order valence-corrected chi connectivity index (χ2v) is 9.80. The third kappa shape index (κ3) is 7.11. The molecule has 1 saturated carbocycles. The van der Waals surface area contributed by atoms with Crippen molar-refractivity contribution in [2.45, 2.75) is 76.9 Å². The Balaban J connectivity index is 1.81. The van der Waals surface area contributed by atoms with Gasteiger partial charge in [-0.2, -0.15) is 0 Å². The Bertz CT molecular complexity index is 940. The molecule has 7 heteroatoms. The van der Waals surface area contributed by atoms with Gasteiger partial charge in [0.2, 0.25) is 11.8 Å². The fourth-order valence-corrected chi connectivity index (χ4v) is 5.15. The summed E-state index contributed by atoms with van der Waals surface area (Å²) in [4.78, 5) is 28.4. The lowest BCUT2D eigenvalue weighted by atomic mass is 9.95. The Morgan fingerprint density at radius 3 is 2.24 bits per heavy atom. The summed E-state index contributed by atoms with van der Waals surface area (Å²) in [7, 11) is 0. The van der Waals surface area contributed by atoms with E-state index in [0.717, 1.165) is 31.2 Å². The molecule has 0 saturated heterocycles. The van der Waals surface area contributed by atoms with Crippen molar-refractivity contribution >= 4 is 46.6 Å². The van der Waals surface area contributed by atoms with Crippen molar-refractivity contribution in [1.82, 2.24) is 10.2 Å². The number of carbonyl (C=O) groups is 2. The second-order valence-electron chi connectivity index (χ2n) is 8.58. The molecule has 0 unspecified atom stereocenters. The molecule has 3 rings (SSSR count). The third-order valence-corrected chi connectivity index (χ3v) is 7.37. The van der Waals surface area contributed by atoms with E-state index < -0.39 is 6.04 Å². The SMILES string of the molecule is CC[C@@H](C(=O)NC1CCCCC1)N(Cc1c(Cl)cccc1Cl)C(=O)CCc1ccccc1Cl. The highest BCUT2D eigenvalue weighted by atomic mass is 35.5. The molecule has 1 atom stereocenters. The topological polar surface area (TPSA) is 49.4 Å². The molecule has 0 heterocycles. The summed E-state index contributed by atoms with van der Waals surface area (Å²) >= 11 is 19.1. The normalized spacial score (nSPS) is 15.2. The van der Waals surface area contributed by atoms with Gasteiger partial charge in [0.1, 0.15) is 6.04 Å². The van der Waals surface area contributed by atoms with Crippen molar-refractivity contribution < 1.29 is 9.59 Å². The van der Waals surface area contributed by atoms with E-state index >= 15 is 0 Å². The minimum atomic E-state index is -0.599. The minimum absolute atomic E-state index is 0.112. The van der Waals surface area contributed by atoms with Gasteiger partial charge in [0.25, 0.3) is 0 Å². The molecule has 1 fully saturated rings. The number of hydrogen-bond acceptors (Lipinski definition) is 2. The number of nitrogens with one attached hydrogen (secondary N) is 1. The minimum Gasteiger partial charge on any atom is -0.352 e. The number of amides is 2. The number of halogens is 3. The zero-order chi connectivity index (χ0) is 23.8. The van der Waals surface area contributed by atoms with Crippen molar-refractivity contribution in [3.05, 3.63) is 68.7 Å². The molecule has 0 aliphatic heterocycles.